The van der Waals surface area contributed by atoms with E-state index in [1.54, 1.807) is 0 Å². The van der Waals surface area contributed by atoms with Crippen LogP contribution in [0.15, 0.2) is 0 Å². The summed E-state index contributed by atoms with van der Waals surface area (Å²) < 4.78 is 0. The molecular formula is C12H27N3O. The zero-order chi connectivity index (χ0) is 12.9. The first-order valence-corrected chi connectivity index (χ1v) is 5.92. The monoisotopic (exact) mass is 229 g/mol. The lowest BCUT2D eigenvalue weighted by molar-refractivity contribution is -0.122. The number of carbonyl (C=O) groups is 1. The lowest BCUT2D eigenvalue weighted by Gasteiger charge is -2.40. The van der Waals surface area contributed by atoms with Crippen LogP contribution in [-0.2, 0) is 4.79 Å². The van der Waals surface area contributed by atoms with E-state index in [0.29, 0.717) is 13.1 Å². The Morgan fingerprint density at radius 1 is 1.44 bits per heavy atom. The van der Waals surface area contributed by atoms with E-state index in [4.69, 9.17) is 5.73 Å². The number of hydrogen-bond acceptors (Lipinski definition) is 3. The van der Waals surface area contributed by atoms with Crippen molar-refractivity contribution in [1.82, 2.24) is 10.2 Å². The Balaban J connectivity index is 4.52. The van der Waals surface area contributed by atoms with Gasteiger partial charge in [0.05, 0.1) is 6.54 Å². The van der Waals surface area contributed by atoms with E-state index >= 15 is 0 Å². The number of carbonyl (C=O) groups excluding carboxylic acids is 1. The van der Waals surface area contributed by atoms with E-state index in [0.717, 1.165) is 0 Å². The third-order valence-electron chi connectivity index (χ3n) is 2.63. The fourth-order valence-electron chi connectivity index (χ4n) is 2.43. The number of amides is 1. The van der Waals surface area contributed by atoms with Gasteiger partial charge < -0.3 is 11.1 Å². The molecule has 3 N–H and O–H groups in total. The summed E-state index contributed by atoms with van der Waals surface area (Å²) in [5, 5.41) is 2.80. The highest BCUT2D eigenvalue weighted by Gasteiger charge is 2.31. The second-order valence-electron chi connectivity index (χ2n) is 5.54. The maximum absolute atomic E-state index is 11.5. The minimum Gasteiger partial charge on any atom is -0.355 e. The van der Waals surface area contributed by atoms with Gasteiger partial charge in [-0.3, -0.25) is 9.69 Å². The maximum atomic E-state index is 11.5. The van der Waals surface area contributed by atoms with Gasteiger partial charge in [-0.2, -0.15) is 0 Å². The molecule has 0 aromatic carbocycles. The fraction of sp³-hybridized carbons (Fsp3) is 0.917. The largest absolute Gasteiger partial charge is 0.355 e. The Labute approximate surface area is 99.6 Å². The molecule has 0 fully saturated rings. The molecule has 0 bridgehead atoms. The van der Waals surface area contributed by atoms with Crippen LogP contribution in [0.1, 0.15) is 34.6 Å². The second-order valence-corrected chi connectivity index (χ2v) is 5.54. The first-order chi connectivity index (χ1) is 7.20. The smallest absolute Gasteiger partial charge is 0.234 e. The number of hydrogen-bond donors (Lipinski definition) is 2. The minimum atomic E-state index is 0.0411. The molecule has 0 aliphatic rings. The van der Waals surface area contributed by atoms with Gasteiger partial charge in [-0.1, -0.05) is 20.8 Å². The van der Waals surface area contributed by atoms with Crippen molar-refractivity contribution in [2.75, 3.05) is 20.1 Å². The van der Waals surface area contributed by atoms with E-state index in [9.17, 15) is 4.79 Å². The lowest BCUT2D eigenvalue weighted by Crippen LogP contribution is -2.54. The number of nitrogens with zero attached hydrogens (tertiary/aromatic N) is 1. The zero-order valence-electron chi connectivity index (χ0n) is 11.5. The second kappa shape index (κ2) is 6.21. The van der Waals surface area contributed by atoms with Gasteiger partial charge in [0, 0.05) is 18.6 Å². The molecule has 1 amide bonds. The van der Waals surface area contributed by atoms with Crippen molar-refractivity contribution < 1.29 is 4.79 Å². The summed E-state index contributed by atoms with van der Waals surface area (Å²) in [5.74, 6) is 0.0555. The standard InChI is InChI=1S/C12H27N3O/c1-7-14-10(16)8-15(6)11(9(2)13)12(3,4)5/h9,11H,7-8,13H2,1-6H3,(H,14,16). The molecule has 0 aliphatic heterocycles. The summed E-state index contributed by atoms with van der Waals surface area (Å²) in [5.41, 5.74) is 6.06. The summed E-state index contributed by atoms with van der Waals surface area (Å²) in [6.45, 7) is 11.4. The number of nitrogens with one attached hydrogen (secondary N) is 1. The molecule has 0 aromatic heterocycles. The van der Waals surface area contributed by atoms with Crippen LogP contribution in [0.25, 0.3) is 0 Å². The van der Waals surface area contributed by atoms with Crippen LogP contribution in [0.4, 0.5) is 0 Å². The molecule has 2 unspecified atom stereocenters. The highest BCUT2D eigenvalue weighted by molar-refractivity contribution is 5.77. The van der Waals surface area contributed by atoms with Crippen molar-refractivity contribution in [2.45, 2.75) is 46.7 Å². The highest BCUT2D eigenvalue weighted by Crippen LogP contribution is 2.25. The van der Waals surface area contributed by atoms with Gasteiger partial charge >= 0.3 is 0 Å². The Bertz CT molecular complexity index is 221. The molecule has 0 aliphatic carbocycles. The van der Waals surface area contributed by atoms with Gasteiger partial charge in [0.2, 0.25) is 5.91 Å². The van der Waals surface area contributed by atoms with E-state index in [-0.39, 0.29) is 23.4 Å². The van der Waals surface area contributed by atoms with E-state index < -0.39 is 0 Å². The van der Waals surface area contributed by atoms with Gasteiger partial charge in [-0.15, -0.1) is 0 Å². The molecule has 0 radical (unpaired) electrons. The van der Waals surface area contributed by atoms with Crippen molar-refractivity contribution >= 4 is 5.91 Å². The van der Waals surface area contributed by atoms with Crippen LogP contribution >= 0.6 is 0 Å². The predicted octanol–water partition coefficient (Wildman–Crippen LogP) is 0.816. The molecule has 0 heterocycles. The number of likely N-dealkylation sites (N-methyl/N-ethyl adjacent to an activating group) is 2. The van der Waals surface area contributed by atoms with Crippen molar-refractivity contribution in [2.24, 2.45) is 11.1 Å². The van der Waals surface area contributed by atoms with Gasteiger partial charge in [0.1, 0.15) is 0 Å². The Hall–Kier alpha value is -0.610. The summed E-state index contributed by atoms with van der Waals surface area (Å²) >= 11 is 0. The fourth-order valence-corrected chi connectivity index (χ4v) is 2.43. The molecule has 4 heteroatoms. The molecular weight excluding hydrogens is 202 g/mol. The third kappa shape index (κ3) is 4.94. The van der Waals surface area contributed by atoms with Crippen molar-refractivity contribution in [3.05, 3.63) is 0 Å². The molecule has 2 atom stereocenters. The third-order valence-corrected chi connectivity index (χ3v) is 2.63. The van der Waals surface area contributed by atoms with Crippen molar-refractivity contribution in [1.29, 1.82) is 0 Å². The average Bonchev–Trinajstić information content (AvgIpc) is 1.99. The van der Waals surface area contributed by atoms with Crippen molar-refractivity contribution in [3.63, 3.8) is 0 Å². The van der Waals surface area contributed by atoms with Crippen LogP contribution in [0.3, 0.4) is 0 Å². The first kappa shape index (κ1) is 15.4. The average molecular weight is 229 g/mol. The van der Waals surface area contributed by atoms with E-state index in [1.807, 2.05) is 25.8 Å². The van der Waals surface area contributed by atoms with Crippen LogP contribution in [0.5, 0.6) is 0 Å². The molecule has 16 heavy (non-hydrogen) atoms. The Kier molecular flexibility index (Phi) is 5.97. The van der Waals surface area contributed by atoms with Crippen LogP contribution in [0, 0.1) is 5.41 Å². The molecule has 4 nitrogen and oxygen atoms in total. The number of rotatable bonds is 5. The molecule has 0 spiro atoms. The summed E-state index contributed by atoms with van der Waals surface area (Å²) in [6.07, 6.45) is 0. The zero-order valence-corrected chi connectivity index (χ0v) is 11.5. The molecule has 0 saturated carbocycles. The Morgan fingerprint density at radius 2 is 1.94 bits per heavy atom. The lowest BCUT2D eigenvalue weighted by atomic mass is 9.82. The SMILES string of the molecule is CCNC(=O)CN(C)C(C(C)N)C(C)(C)C. The summed E-state index contributed by atoms with van der Waals surface area (Å²) in [6, 6.07) is 0.231. The van der Waals surface area contributed by atoms with Gasteiger partial charge in [0.25, 0.3) is 0 Å². The van der Waals surface area contributed by atoms with Crippen molar-refractivity contribution in [3.8, 4) is 0 Å². The van der Waals surface area contributed by atoms with Crippen LogP contribution in [-0.4, -0.2) is 43.0 Å². The topological polar surface area (TPSA) is 58.4 Å². The molecule has 0 rings (SSSR count). The minimum absolute atomic E-state index is 0.0411. The normalized spacial score (nSPS) is 16.0. The number of nitrogens with two attached hydrogens (primary N) is 1. The van der Waals surface area contributed by atoms with E-state index in [2.05, 4.69) is 26.1 Å². The highest BCUT2D eigenvalue weighted by atomic mass is 16.2. The Morgan fingerprint density at radius 3 is 2.25 bits per heavy atom. The van der Waals surface area contributed by atoms with Gasteiger partial charge in [0.15, 0.2) is 0 Å². The molecule has 0 saturated heterocycles. The quantitative estimate of drug-likeness (QED) is 0.733. The van der Waals surface area contributed by atoms with Crippen LogP contribution in [0.2, 0.25) is 0 Å². The first-order valence-electron chi connectivity index (χ1n) is 5.92. The van der Waals surface area contributed by atoms with Gasteiger partial charge in [-0.25, -0.2) is 0 Å². The maximum Gasteiger partial charge on any atom is 0.234 e. The van der Waals surface area contributed by atoms with Gasteiger partial charge in [-0.05, 0) is 26.3 Å². The molecule has 0 aromatic rings. The summed E-state index contributed by atoms with van der Waals surface area (Å²) in [4.78, 5) is 13.6. The summed E-state index contributed by atoms with van der Waals surface area (Å²) in [7, 11) is 1.95. The van der Waals surface area contributed by atoms with Crippen LogP contribution < -0.4 is 11.1 Å². The molecule has 96 valence electrons. The predicted molar refractivity (Wildman–Crippen MR) is 68.2 cm³/mol. The van der Waals surface area contributed by atoms with E-state index in [1.165, 1.54) is 0 Å².